The van der Waals surface area contributed by atoms with Crippen LogP contribution in [0.3, 0.4) is 0 Å². The zero-order valence-corrected chi connectivity index (χ0v) is 12.6. The van der Waals surface area contributed by atoms with Crippen molar-refractivity contribution in [3.8, 4) is 11.6 Å². The van der Waals surface area contributed by atoms with Gasteiger partial charge in [0, 0.05) is 0 Å². The smallest absolute Gasteiger partial charge is 0.230 e. The minimum atomic E-state index is 0.524. The number of aromatic nitrogens is 3. The molecule has 108 valence electrons. The largest absolute Gasteiger partial charge is 0.438 e. The predicted molar refractivity (Wildman–Crippen MR) is 86.8 cm³/mol. The Hall–Kier alpha value is -2.59. The molecule has 0 unspecified atom stereocenters. The van der Waals surface area contributed by atoms with E-state index in [9.17, 15) is 0 Å². The number of aryl methyl sites for hydroxylation is 1. The van der Waals surface area contributed by atoms with Crippen LogP contribution in [0.1, 0.15) is 5.69 Å². The van der Waals surface area contributed by atoms with Crippen LogP contribution in [0.5, 0.6) is 11.6 Å². The Labute approximate surface area is 131 Å². The van der Waals surface area contributed by atoms with Gasteiger partial charge >= 0.3 is 0 Å². The number of hydrogen-bond acceptors (Lipinski definition) is 3. The van der Waals surface area contributed by atoms with Gasteiger partial charge in [-0.1, -0.05) is 41.9 Å². The standard InChI is InChI=1S/C17H12ClN3O/c1-11-15(18)16-19-17(22-12-7-3-2-4-8-12)13-9-5-6-10-14(13)21(16)20-11/h2-10H,1H3. The molecule has 0 N–H and O–H groups in total. The van der Waals surface area contributed by atoms with Gasteiger partial charge in [-0.3, -0.25) is 0 Å². The summed E-state index contributed by atoms with van der Waals surface area (Å²) in [4.78, 5) is 4.57. The molecule has 0 atom stereocenters. The molecule has 0 aliphatic carbocycles. The van der Waals surface area contributed by atoms with E-state index in [0.29, 0.717) is 16.5 Å². The highest BCUT2D eigenvalue weighted by Gasteiger charge is 2.15. The Morgan fingerprint density at radius 3 is 2.55 bits per heavy atom. The monoisotopic (exact) mass is 309 g/mol. The minimum Gasteiger partial charge on any atom is -0.438 e. The molecule has 0 saturated heterocycles. The first-order chi connectivity index (χ1) is 10.7. The molecule has 2 aromatic carbocycles. The maximum atomic E-state index is 6.32. The molecule has 0 aliphatic heterocycles. The van der Waals surface area contributed by atoms with Crippen LogP contribution in [0.4, 0.5) is 0 Å². The lowest BCUT2D eigenvalue weighted by molar-refractivity contribution is 0.470. The maximum Gasteiger partial charge on any atom is 0.230 e. The Bertz CT molecular complexity index is 979. The molecule has 4 aromatic rings. The van der Waals surface area contributed by atoms with Crippen molar-refractivity contribution in [3.63, 3.8) is 0 Å². The highest BCUT2D eigenvalue weighted by Crippen LogP contribution is 2.31. The third kappa shape index (κ3) is 2.00. The number of nitrogens with zero attached hydrogens (tertiary/aromatic N) is 3. The number of rotatable bonds is 2. The summed E-state index contributed by atoms with van der Waals surface area (Å²) in [7, 11) is 0. The van der Waals surface area contributed by atoms with E-state index < -0.39 is 0 Å². The number of hydrogen-bond donors (Lipinski definition) is 0. The van der Waals surface area contributed by atoms with E-state index in [-0.39, 0.29) is 0 Å². The van der Waals surface area contributed by atoms with Gasteiger partial charge in [0.2, 0.25) is 5.88 Å². The van der Waals surface area contributed by atoms with Crippen LogP contribution in [-0.4, -0.2) is 14.6 Å². The van der Waals surface area contributed by atoms with Gasteiger partial charge in [0.15, 0.2) is 5.65 Å². The van der Waals surface area contributed by atoms with Crippen LogP contribution in [-0.2, 0) is 0 Å². The lowest BCUT2D eigenvalue weighted by atomic mass is 10.2. The van der Waals surface area contributed by atoms with Crippen LogP contribution >= 0.6 is 11.6 Å². The van der Waals surface area contributed by atoms with Crippen molar-refractivity contribution in [2.45, 2.75) is 6.92 Å². The zero-order chi connectivity index (χ0) is 15.1. The van der Waals surface area contributed by atoms with Gasteiger partial charge < -0.3 is 4.74 Å². The molecule has 0 fully saturated rings. The van der Waals surface area contributed by atoms with Crippen molar-refractivity contribution in [2.75, 3.05) is 0 Å². The number of ether oxygens (including phenoxy) is 1. The number of fused-ring (bicyclic) bond motifs is 3. The van der Waals surface area contributed by atoms with Crippen LogP contribution in [0.25, 0.3) is 16.6 Å². The second kappa shape index (κ2) is 5.00. The summed E-state index contributed by atoms with van der Waals surface area (Å²) in [6, 6.07) is 17.4. The molecular formula is C17H12ClN3O. The first-order valence-corrected chi connectivity index (χ1v) is 7.28. The molecular weight excluding hydrogens is 298 g/mol. The van der Waals surface area contributed by atoms with Crippen LogP contribution in [0.2, 0.25) is 5.02 Å². The fourth-order valence-electron chi connectivity index (χ4n) is 2.43. The van der Waals surface area contributed by atoms with Gasteiger partial charge in [0.05, 0.1) is 16.6 Å². The molecule has 5 heteroatoms. The minimum absolute atomic E-state index is 0.524. The molecule has 0 radical (unpaired) electrons. The third-order valence-electron chi connectivity index (χ3n) is 3.49. The summed E-state index contributed by atoms with van der Waals surface area (Å²) < 4.78 is 7.71. The van der Waals surface area contributed by atoms with Gasteiger partial charge in [0.25, 0.3) is 0 Å². The Morgan fingerprint density at radius 1 is 1.00 bits per heavy atom. The summed E-state index contributed by atoms with van der Waals surface area (Å²) in [5.41, 5.74) is 2.26. The van der Waals surface area contributed by atoms with Crippen molar-refractivity contribution in [2.24, 2.45) is 0 Å². The van der Waals surface area contributed by atoms with Crippen LogP contribution in [0.15, 0.2) is 54.6 Å². The molecule has 0 spiro atoms. The van der Waals surface area contributed by atoms with E-state index in [0.717, 1.165) is 22.3 Å². The van der Waals surface area contributed by atoms with E-state index >= 15 is 0 Å². The quantitative estimate of drug-likeness (QED) is 0.541. The lowest BCUT2D eigenvalue weighted by Gasteiger charge is -2.09. The van der Waals surface area contributed by atoms with Crippen molar-refractivity contribution in [1.82, 2.24) is 14.6 Å². The molecule has 0 amide bonds. The summed E-state index contributed by atoms with van der Waals surface area (Å²) in [6.45, 7) is 1.86. The predicted octanol–water partition coefficient (Wildman–Crippen LogP) is 4.64. The summed E-state index contributed by atoms with van der Waals surface area (Å²) in [5.74, 6) is 1.26. The SMILES string of the molecule is Cc1nn2c(nc(Oc3ccccc3)c3ccccc32)c1Cl. The number of para-hydroxylation sites is 2. The molecule has 2 heterocycles. The Kier molecular flexibility index (Phi) is 2.98. The Morgan fingerprint density at radius 2 is 1.73 bits per heavy atom. The van der Waals surface area contributed by atoms with E-state index in [1.807, 2.05) is 61.5 Å². The second-order valence-electron chi connectivity index (χ2n) is 4.98. The highest BCUT2D eigenvalue weighted by molar-refractivity contribution is 6.34. The molecule has 4 rings (SSSR count). The Balaban J connectivity index is 2.01. The molecule has 2 aromatic heterocycles. The average molecular weight is 310 g/mol. The second-order valence-corrected chi connectivity index (χ2v) is 5.36. The highest BCUT2D eigenvalue weighted by atomic mass is 35.5. The van der Waals surface area contributed by atoms with Gasteiger partial charge in [-0.15, -0.1) is 0 Å². The maximum absolute atomic E-state index is 6.32. The van der Waals surface area contributed by atoms with E-state index in [4.69, 9.17) is 16.3 Å². The van der Waals surface area contributed by atoms with Gasteiger partial charge in [-0.2, -0.15) is 10.1 Å². The topological polar surface area (TPSA) is 39.4 Å². The lowest BCUT2D eigenvalue weighted by Crippen LogP contribution is -1.97. The molecule has 22 heavy (non-hydrogen) atoms. The fraction of sp³-hybridized carbons (Fsp3) is 0.0588. The van der Waals surface area contributed by atoms with E-state index in [1.54, 1.807) is 4.52 Å². The molecule has 0 aliphatic rings. The van der Waals surface area contributed by atoms with Crippen molar-refractivity contribution in [3.05, 3.63) is 65.3 Å². The third-order valence-corrected chi connectivity index (χ3v) is 3.93. The summed E-state index contributed by atoms with van der Waals surface area (Å²) >= 11 is 6.32. The molecule has 0 bridgehead atoms. The van der Waals surface area contributed by atoms with E-state index in [2.05, 4.69) is 10.1 Å². The fourth-order valence-corrected chi connectivity index (χ4v) is 2.59. The first-order valence-electron chi connectivity index (χ1n) is 6.90. The molecule has 4 nitrogen and oxygen atoms in total. The van der Waals surface area contributed by atoms with Gasteiger partial charge in [-0.25, -0.2) is 4.52 Å². The number of halogens is 1. The normalized spacial score (nSPS) is 11.2. The summed E-state index contributed by atoms with van der Waals surface area (Å²) in [6.07, 6.45) is 0. The van der Waals surface area contributed by atoms with Crippen LogP contribution in [0, 0.1) is 6.92 Å². The number of benzene rings is 2. The van der Waals surface area contributed by atoms with Gasteiger partial charge in [-0.05, 0) is 31.2 Å². The van der Waals surface area contributed by atoms with E-state index in [1.165, 1.54) is 0 Å². The van der Waals surface area contributed by atoms with Gasteiger partial charge in [0.1, 0.15) is 10.8 Å². The average Bonchev–Trinajstić information content (AvgIpc) is 2.84. The zero-order valence-electron chi connectivity index (χ0n) is 11.8. The van der Waals surface area contributed by atoms with Crippen molar-refractivity contribution >= 4 is 28.2 Å². The van der Waals surface area contributed by atoms with Crippen molar-refractivity contribution < 1.29 is 4.74 Å². The van der Waals surface area contributed by atoms with Crippen molar-refractivity contribution in [1.29, 1.82) is 0 Å². The first kappa shape index (κ1) is 13.1. The van der Waals surface area contributed by atoms with Crippen LogP contribution < -0.4 is 4.74 Å². The molecule has 0 saturated carbocycles. The summed E-state index contributed by atoms with van der Waals surface area (Å²) in [5, 5.41) is 5.89.